The van der Waals surface area contributed by atoms with Crippen molar-refractivity contribution in [2.24, 2.45) is 5.41 Å². The summed E-state index contributed by atoms with van der Waals surface area (Å²) in [6, 6.07) is 7.80. The molecule has 1 aromatic carbocycles. The Kier molecular flexibility index (Phi) is 4.59. The molecule has 1 aromatic rings. The van der Waals surface area contributed by atoms with E-state index in [0.717, 1.165) is 17.7 Å². The van der Waals surface area contributed by atoms with Crippen molar-refractivity contribution in [2.75, 3.05) is 11.9 Å². The van der Waals surface area contributed by atoms with Crippen LogP contribution in [0.15, 0.2) is 24.3 Å². The normalized spacial score (nSPS) is 16.0. The van der Waals surface area contributed by atoms with E-state index in [1.165, 1.54) is 0 Å². The second-order valence-electron chi connectivity index (χ2n) is 7.09. The lowest BCUT2D eigenvalue weighted by atomic mass is 9.85. The van der Waals surface area contributed by atoms with Crippen molar-refractivity contribution in [3.8, 4) is 0 Å². The van der Waals surface area contributed by atoms with Gasteiger partial charge >= 0.3 is 0 Å². The highest BCUT2D eigenvalue weighted by atomic mass is 16.2. The molecular formula is C18H26N2O2. The van der Waals surface area contributed by atoms with Crippen LogP contribution in [0.3, 0.4) is 0 Å². The summed E-state index contributed by atoms with van der Waals surface area (Å²) in [5.41, 5.74) is 0.952. The molecular weight excluding hydrogens is 276 g/mol. The molecule has 0 bridgehead atoms. The van der Waals surface area contributed by atoms with Crippen molar-refractivity contribution in [1.82, 2.24) is 5.32 Å². The number of carbonyl (C=O) groups is 2. The third-order valence-corrected chi connectivity index (χ3v) is 4.14. The lowest BCUT2D eigenvalue weighted by molar-refractivity contribution is -0.134. The van der Waals surface area contributed by atoms with Gasteiger partial charge in [0.15, 0.2) is 0 Å². The van der Waals surface area contributed by atoms with Crippen LogP contribution < -0.4 is 10.6 Å². The van der Waals surface area contributed by atoms with Gasteiger partial charge in [-0.05, 0) is 36.3 Å². The number of anilines is 1. The second kappa shape index (κ2) is 6.11. The molecule has 4 nitrogen and oxygen atoms in total. The largest absolute Gasteiger partial charge is 0.355 e. The van der Waals surface area contributed by atoms with E-state index in [2.05, 4.69) is 31.4 Å². The van der Waals surface area contributed by atoms with Gasteiger partial charge in [0.1, 0.15) is 5.41 Å². The first kappa shape index (κ1) is 16.5. The van der Waals surface area contributed by atoms with Crippen LogP contribution in [0.5, 0.6) is 0 Å². The van der Waals surface area contributed by atoms with E-state index in [0.29, 0.717) is 19.4 Å². The number of amides is 2. The molecule has 4 heteroatoms. The second-order valence-corrected chi connectivity index (χ2v) is 7.09. The van der Waals surface area contributed by atoms with Gasteiger partial charge < -0.3 is 10.6 Å². The predicted octanol–water partition coefficient (Wildman–Crippen LogP) is 3.23. The number of nitrogens with one attached hydrogen (secondary N) is 2. The SMILES string of the molecule is CCCNC(=O)C1(C(=O)Nc2ccccc2C(C)(C)C)CC1. The Bertz CT molecular complexity index is 569. The van der Waals surface area contributed by atoms with E-state index in [1.807, 2.05) is 31.2 Å². The molecule has 0 unspecified atom stereocenters. The van der Waals surface area contributed by atoms with E-state index in [-0.39, 0.29) is 17.2 Å². The first-order chi connectivity index (χ1) is 10.3. The number of rotatable bonds is 5. The molecule has 0 spiro atoms. The van der Waals surface area contributed by atoms with Crippen molar-refractivity contribution in [3.05, 3.63) is 29.8 Å². The molecule has 2 N–H and O–H groups in total. The minimum absolute atomic E-state index is 0.0644. The van der Waals surface area contributed by atoms with Crippen molar-refractivity contribution in [1.29, 1.82) is 0 Å². The average molecular weight is 302 g/mol. The molecule has 0 atom stereocenters. The Labute approximate surface area is 132 Å². The summed E-state index contributed by atoms with van der Waals surface area (Å²) >= 11 is 0. The molecule has 0 radical (unpaired) electrons. The Balaban J connectivity index is 2.15. The molecule has 0 saturated heterocycles. The summed E-state index contributed by atoms with van der Waals surface area (Å²) in [4.78, 5) is 24.8. The highest BCUT2D eigenvalue weighted by Gasteiger charge is 2.56. The summed E-state index contributed by atoms with van der Waals surface area (Å²) in [5.74, 6) is -0.321. The van der Waals surface area contributed by atoms with Gasteiger partial charge in [-0.25, -0.2) is 0 Å². The third kappa shape index (κ3) is 3.32. The van der Waals surface area contributed by atoms with Crippen molar-refractivity contribution >= 4 is 17.5 Å². The molecule has 2 rings (SSSR count). The Morgan fingerprint density at radius 2 is 1.77 bits per heavy atom. The summed E-state index contributed by atoms with van der Waals surface area (Å²) in [7, 11) is 0. The van der Waals surface area contributed by atoms with Crippen LogP contribution in [0.4, 0.5) is 5.69 Å². The maximum atomic E-state index is 12.6. The molecule has 1 saturated carbocycles. The molecule has 22 heavy (non-hydrogen) atoms. The lowest BCUT2D eigenvalue weighted by Gasteiger charge is -2.24. The number of hydrogen-bond acceptors (Lipinski definition) is 2. The van der Waals surface area contributed by atoms with Gasteiger partial charge in [0.05, 0.1) is 0 Å². The predicted molar refractivity (Wildman–Crippen MR) is 88.7 cm³/mol. The van der Waals surface area contributed by atoms with E-state index >= 15 is 0 Å². The molecule has 1 aliphatic carbocycles. The van der Waals surface area contributed by atoms with Crippen molar-refractivity contribution < 1.29 is 9.59 Å². The van der Waals surface area contributed by atoms with Crippen molar-refractivity contribution in [3.63, 3.8) is 0 Å². The first-order valence-corrected chi connectivity index (χ1v) is 8.00. The van der Waals surface area contributed by atoms with Gasteiger partial charge in [-0.15, -0.1) is 0 Å². The molecule has 2 amide bonds. The van der Waals surface area contributed by atoms with Gasteiger partial charge in [0.2, 0.25) is 11.8 Å². The minimum Gasteiger partial charge on any atom is -0.355 e. The maximum absolute atomic E-state index is 12.6. The topological polar surface area (TPSA) is 58.2 Å². The first-order valence-electron chi connectivity index (χ1n) is 8.00. The van der Waals surface area contributed by atoms with Gasteiger partial charge in [-0.3, -0.25) is 9.59 Å². The lowest BCUT2D eigenvalue weighted by Crippen LogP contribution is -2.40. The molecule has 120 valence electrons. The van der Waals surface area contributed by atoms with E-state index in [9.17, 15) is 9.59 Å². The fraction of sp³-hybridized carbons (Fsp3) is 0.556. The minimum atomic E-state index is -0.861. The number of para-hydroxylation sites is 1. The fourth-order valence-electron chi connectivity index (χ4n) is 2.58. The van der Waals surface area contributed by atoms with Crippen LogP contribution in [0.1, 0.15) is 52.5 Å². The highest BCUT2D eigenvalue weighted by molar-refractivity contribution is 6.13. The summed E-state index contributed by atoms with van der Waals surface area (Å²) < 4.78 is 0. The van der Waals surface area contributed by atoms with E-state index in [1.54, 1.807) is 0 Å². The molecule has 0 heterocycles. The van der Waals surface area contributed by atoms with Crippen LogP contribution in [-0.4, -0.2) is 18.4 Å². The van der Waals surface area contributed by atoms with E-state index in [4.69, 9.17) is 0 Å². The van der Waals surface area contributed by atoms with Gasteiger partial charge in [-0.2, -0.15) is 0 Å². The van der Waals surface area contributed by atoms with Crippen LogP contribution >= 0.6 is 0 Å². The highest BCUT2D eigenvalue weighted by Crippen LogP contribution is 2.47. The molecule has 1 aliphatic rings. The van der Waals surface area contributed by atoms with Crippen LogP contribution in [-0.2, 0) is 15.0 Å². The average Bonchev–Trinajstić information content (AvgIpc) is 3.26. The summed E-state index contributed by atoms with van der Waals surface area (Å²) in [6.07, 6.45) is 2.13. The Morgan fingerprint density at radius 1 is 1.14 bits per heavy atom. The standard InChI is InChI=1S/C18H26N2O2/c1-5-12-19-15(21)18(10-11-18)16(22)20-14-9-7-6-8-13(14)17(2,3)4/h6-9H,5,10-12H2,1-4H3,(H,19,21)(H,20,22). The zero-order chi connectivity index (χ0) is 16.4. The quantitative estimate of drug-likeness (QED) is 0.820. The third-order valence-electron chi connectivity index (χ3n) is 4.14. The van der Waals surface area contributed by atoms with Crippen molar-refractivity contribution in [2.45, 2.75) is 52.4 Å². The number of benzene rings is 1. The molecule has 1 fully saturated rings. The molecule has 0 aliphatic heterocycles. The maximum Gasteiger partial charge on any atom is 0.240 e. The zero-order valence-electron chi connectivity index (χ0n) is 14.0. The van der Waals surface area contributed by atoms with Crippen LogP contribution in [0.25, 0.3) is 0 Å². The fourth-order valence-corrected chi connectivity index (χ4v) is 2.58. The van der Waals surface area contributed by atoms with E-state index < -0.39 is 5.41 Å². The van der Waals surface area contributed by atoms with Gasteiger partial charge in [0.25, 0.3) is 0 Å². The molecule has 0 aromatic heterocycles. The van der Waals surface area contributed by atoms with Gasteiger partial charge in [-0.1, -0.05) is 45.9 Å². The summed E-state index contributed by atoms with van der Waals surface area (Å²) in [6.45, 7) is 8.95. The Hall–Kier alpha value is -1.84. The smallest absolute Gasteiger partial charge is 0.240 e. The number of hydrogen-bond donors (Lipinski definition) is 2. The van der Waals surface area contributed by atoms with Crippen LogP contribution in [0, 0.1) is 5.41 Å². The zero-order valence-corrected chi connectivity index (χ0v) is 14.0. The summed E-state index contributed by atoms with van der Waals surface area (Å²) in [5, 5.41) is 5.82. The van der Waals surface area contributed by atoms with Gasteiger partial charge in [0, 0.05) is 12.2 Å². The number of carbonyl (C=O) groups excluding carboxylic acids is 2. The van der Waals surface area contributed by atoms with Crippen LogP contribution in [0.2, 0.25) is 0 Å². The monoisotopic (exact) mass is 302 g/mol. The Morgan fingerprint density at radius 3 is 2.32 bits per heavy atom.